The molecule has 3 atom stereocenters. The zero-order valence-corrected chi connectivity index (χ0v) is 14.5. The molecule has 2 aliphatic rings. The van der Waals surface area contributed by atoms with Crippen LogP contribution in [0.2, 0.25) is 0 Å². The van der Waals surface area contributed by atoms with E-state index in [9.17, 15) is 4.79 Å². The Kier molecular flexibility index (Phi) is 5.16. The molecule has 0 N–H and O–H groups in total. The molecule has 0 spiro atoms. The lowest BCUT2D eigenvalue weighted by Crippen LogP contribution is -2.43. The molecule has 2 nitrogen and oxygen atoms in total. The molecule has 0 heterocycles. The summed E-state index contributed by atoms with van der Waals surface area (Å²) >= 11 is 0. The topological polar surface area (TPSA) is 26.3 Å². The molecule has 2 saturated carbocycles. The molecule has 2 fully saturated rings. The van der Waals surface area contributed by atoms with Gasteiger partial charge in [0.2, 0.25) is 0 Å². The van der Waals surface area contributed by atoms with E-state index in [0.717, 1.165) is 36.2 Å². The van der Waals surface area contributed by atoms with Crippen LogP contribution in [-0.4, -0.2) is 12.6 Å². The Morgan fingerprint density at radius 2 is 1.95 bits per heavy atom. The molecule has 0 aromatic carbocycles. The first kappa shape index (κ1) is 16.6. The summed E-state index contributed by atoms with van der Waals surface area (Å²) in [4.78, 5) is 12.0. The van der Waals surface area contributed by atoms with Crippen molar-refractivity contribution in [3.05, 3.63) is 11.1 Å². The third-order valence-electron chi connectivity index (χ3n) is 6.35. The number of esters is 1. The Morgan fingerprint density at radius 1 is 1.24 bits per heavy atom. The number of allylic oxidation sites excluding steroid dienone is 1. The van der Waals surface area contributed by atoms with Gasteiger partial charge in [-0.3, -0.25) is 0 Å². The van der Waals surface area contributed by atoms with Crippen LogP contribution in [0.25, 0.3) is 0 Å². The molecule has 0 bridgehead atoms. The van der Waals surface area contributed by atoms with Crippen LogP contribution in [0.1, 0.15) is 73.1 Å². The SMILES string of the molecule is CCOC(=O)/C(C)=C1\CC[C@@H]2CC[C@@H](CC)C(C)(C)[C@@H]2C1. The van der Waals surface area contributed by atoms with Crippen molar-refractivity contribution in [3.8, 4) is 0 Å². The number of carbonyl (C=O) groups is 1. The Bertz CT molecular complexity index is 419. The maximum absolute atomic E-state index is 12.0. The molecular weight excluding hydrogens is 260 g/mol. The van der Waals surface area contributed by atoms with E-state index in [4.69, 9.17) is 4.74 Å². The first-order chi connectivity index (χ1) is 9.91. The molecule has 0 aliphatic heterocycles. The molecule has 2 aliphatic carbocycles. The minimum atomic E-state index is -0.105. The predicted octanol–water partition coefficient (Wildman–Crippen LogP) is 5.13. The van der Waals surface area contributed by atoms with Gasteiger partial charge in [-0.15, -0.1) is 0 Å². The largest absolute Gasteiger partial charge is 0.463 e. The van der Waals surface area contributed by atoms with Crippen molar-refractivity contribution in [2.24, 2.45) is 23.2 Å². The third-order valence-corrected chi connectivity index (χ3v) is 6.35. The molecule has 120 valence electrons. The summed E-state index contributed by atoms with van der Waals surface area (Å²) in [7, 11) is 0. The second kappa shape index (κ2) is 6.54. The summed E-state index contributed by atoms with van der Waals surface area (Å²) < 4.78 is 5.19. The molecule has 0 radical (unpaired) electrons. The predicted molar refractivity (Wildman–Crippen MR) is 87.0 cm³/mol. The molecule has 21 heavy (non-hydrogen) atoms. The highest BCUT2D eigenvalue weighted by molar-refractivity contribution is 5.88. The van der Waals surface area contributed by atoms with Crippen molar-refractivity contribution >= 4 is 5.97 Å². The van der Waals surface area contributed by atoms with Gasteiger partial charge in [-0.1, -0.05) is 32.8 Å². The number of hydrogen-bond donors (Lipinski definition) is 0. The molecule has 0 unspecified atom stereocenters. The minimum Gasteiger partial charge on any atom is -0.463 e. The van der Waals surface area contributed by atoms with E-state index >= 15 is 0 Å². The fraction of sp³-hybridized carbons (Fsp3) is 0.842. The van der Waals surface area contributed by atoms with Crippen molar-refractivity contribution < 1.29 is 9.53 Å². The van der Waals surface area contributed by atoms with Gasteiger partial charge in [0.15, 0.2) is 0 Å². The quantitative estimate of drug-likeness (QED) is 0.532. The van der Waals surface area contributed by atoms with Gasteiger partial charge < -0.3 is 4.74 Å². The van der Waals surface area contributed by atoms with Gasteiger partial charge in [0.25, 0.3) is 0 Å². The Morgan fingerprint density at radius 3 is 2.57 bits per heavy atom. The van der Waals surface area contributed by atoms with E-state index < -0.39 is 0 Å². The van der Waals surface area contributed by atoms with Crippen LogP contribution in [0.5, 0.6) is 0 Å². The minimum absolute atomic E-state index is 0.105. The number of carbonyl (C=O) groups excluding carboxylic acids is 1. The van der Waals surface area contributed by atoms with Gasteiger partial charge in [-0.05, 0) is 69.1 Å². The maximum Gasteiger partial charge on any atom is 0.333 e. The van der Waals surface area contributed by atoms with Crippen molar-refractivity contribution in [3.63, 3.8) is 0 Å². The van der Waals surface area contributed by atoms with Crippen molar-refractivity contribution in [2.75, 3.05) is 6.61 Å². The standard InChI is InChI=1S/C19H32O2/c1-6-16-11-10-14-8-9-15(12-17(14)19(16,4)5)13(3)18(20)21-7-2/h14,16-17H,6-12H2,1-5H3/b15-13+/t14-,16-,17-/m1/s1. The van der Waals surface area contributed by atoms with Crippen LogP contribution in [0.4, 0.5) is 0 Å². The van der Waals surface area contributed by atoms with E-state index in [1.807, 2.05) is 13.8 Å². The summed E-state index contributed by atoms with van der Waals surface area (Å²) in [6.07, 6.45) is 7.53. The Balaban J connectivity index is 2.19. The van der Waals surface area contributed by atoms with Crippen molar-refractivity contribution in [1.29, 1.82) is 0 Å². The normalized spacial score (nSPS) is 34.0. The highest BCUT2D eigenvalue weighted by atomic mass is 16.5. The summed E-state index contributed by atoms with van der Waals surface area (Å²) in [6, 6.07) is 0. The van der Waals surface area contributed by atoms with E-state index in [1.165, 1.54) is 31.3 Å². The molecule has 0 saturated heterocycles. The van der Waals surface area contributed by atoms with Crippen LogP contribution >= 0.6 is 0 Å². The fourth-order valence-electron chi connectivity index (χ4n) is 4.86. The number of ether oxygens (including phenoxy) is 1. The number of fused-ring (bicyclic) bond motifs is 1. The summed E-state index contributed by atoms with van der Waals surface area (Å²) in [5.41, 5.74) is 2.64. The van der Waals surface area contributed by atoms with E-state index in [2.05, 4.69) is 20.8 Å². The Hall–Kier alpha value is -0.790. The first-order valence-corrected chi connectivity index (χ1v) is 8.77. The summed E-state index contributed by atoms with van der Waals surface area (Å²) in [5, 5.41) is 0. The van der Waals surface area contributed by atoms with E-state index in [-0.39, 0.29) is 5.97 Å². The van der Waals surface area contributed by atoms with Gasteiger partial charge in [-0.2, -0.15) is 0 Å². The lowest BCUT2D eigenvalue weighted by molar-refractivity contribution is -0.138. The highest BCUT2D eigenvalue weighted by Crippen LogP contribution is 2.55. The molecule has 2 heteroatoms. The van der Waals surface area contributed by atoms with Crippen LogP contribution < -0.4 is 0 Å². The highest BCUT2D eigenvalue weighted by Gasteiger charge is 2.46. The van der Waals surface area contributed by atoms with Crippen LogP contribution in [-0.2, 0) is 9.53 Å². The number of hydrogen-bond acceptors (Lipinski definition) is 2. The molecule has 0 aromatic heterocycles. The second-order valence-electron chi connectivity index (χ2n) is 7.56. The first-order valence-electron chi connectivity index (χ1n) is 8.77. The zero-order valence-electron chi connectivity index (χ0n) is 14.5. The smallest absolute Gasteiger partial charge is 0.333 e. The summed E-state index contributed by atoms with van der Waals surface area (Å²) in [5.74, 6) is 2.33. The fourth-order valence-corrected chi connectivity index (χ4v) is 4.86. The van der Waals surface area contributed by atoms with Gasteiger partial charge in [-0.25, -0.2) is 4.79 Å². The van der Waals surface area contributed by atoms with Crippen LogP contribution in [0.15, 0.2) is 11.1 Å². The lowest BCUT2D eigenvalue weighted by Gasteiger charge is -2.52. The van der Waals surface area contributed by atoms with Gasteiger partial charge >= 0.3 is 5.97 Å². The molecule has 0 amide bonds. The average molecular weight is 292 g/mol. The van der Waals surface area contributed by atoms with Crippen molar-refractivity contribution in [2.45, 2.75) is 73.1 Å². The third kappa shape index (κ3) is 3.19. The molecule has 2 rings (SSSR count). The molecular formula is C19H32O2. The lowest BCUT2D eigenvalue weighted by atomic mass is 9.53. The van der Waals surface area contributed by atoms with E-state index in [0.29, 0.717) is 12.0 Å². The van der Waals surface area contributed by atoms with Crippen molar-refractivity contribution in [1.82, 2.24) is 0 Å². The zero-order chi connectivity index (χ0) is 15.6. The Labute approximate surface area is 130 Å². The monoisotopic (exact) mass is 292 g/mol. The van der Waals surface area contributed by atoms with E-state index in [1.54, 1.807) is 0 Å². The average Bonchev–Trinajstić information content (AvgIpc) is 2.46. The molecule has 0 aromatic rings. The maximum atomic E-state index is 12.0. The summed E-state index contributed by atoms with van der Waals surface area (Å²) in [6.45, 7) is 11.6. The van der Waals surface area contributed by atoms with Crippen LogP contribution in [0, 0.1) is 23.2 Å². The van der Waals surface area contributed by atoms with Gasteiger partial charge in [0, 0.05) is 5.57 Å². The van der Waals surface area contributed by atoms with Crippen LogP contribution in [0.3, 0.4) is 0 Å². The van der Waals surface area contributed by atoms with Gasteiger partial charge in [0.05, 0.1) is 6.61 Å². The number of rotatable bonds is 3. The van der Waals surface area contributed by atoms with Gasteiger partial charge in [0.1, 0.15) is 0 Å². The second-order valence-corrected chi connectivity index (χ2v) is 7.56.